The molecular weight excluding hydrogens is 529 g/mol. The second-order valence-corrected chi connectivity index (χ2v) is 11.8. The summed E-state index contributed by atoms with van der Waals surface area (Å²) in [5, 5.41) is 4.79. The molecule has 0 spiro atoms. The highest BCUT2D eigenvalue weighted by Crippen LogP contribution is 2.35. The molecule has 194 valence electrons. The Morgan fingerprint density at radius 2 is 1.84 bits per heavy atom. The zero-order chi connectivity index (χ0) is 26.6. The van der Waals surface area contributed by atoms with E-state index in [9.17, 15) is 13.2 Å². The number of methoxy groups -OCH3 is 1. The number of thioether (sulfide) groups is 1. The van der Waals surface area contributed by atoms with Crippen LogP contribution in [0, 0.1) is 0 Å². The summed E-state index contributed by atoms with van der Waals surface area (Å²) in [4.78, 5) is 15.2. The molecule has 11 heteroatoms. The minimum absolute atomic E-state index is 0.191. The van der Waals surface area contributed by atoms with E-state index in [0.29, 0.717) is 52.3 Å². The summed E-state index contributed by atoms with van der Waals surface area (Å²) >= 11 is 6.64. The molecule has 4 rings (SSSR count). The minimum atomic E-state index is -3.66. The number of thiocarbonyl (C=S) groups is 1. The molecule has 0 unspecified atom stereocenters. The smallest absolute Gasteiger partial charge is 0.266 e. The molecule has 1 aliphatic heterocycles. The monoisotopic (exact) mass is 556 g/mol. The van der Waals surface area contributed by atoms with Crippen molar-refractivity contribution in [2.45, 2.75) is 18.7 Å². The molecule has 1 aliphatic rings. The SMILES string of the molecule is CCN(CC)S(=O)(=O)c1cccc(-c2nn(-c3ccccc3)cc2C=C2SC(=S)N(CCOC)C2=O)c1. The van der Waals surface area contributed by atoms with Gasteiger partial charge in [-0.25, -0.2) is 13.1 Å². The van der Waals surface area contributed by atoms with Gasteiger partial charge in [0, 0.05) is 37.5 Å². The fourth-order valence-electron chi connectivity index (χ4n) is 3.96. The van der Waals surface area contributed by atoms with E-state index in [1.165, 1.54) is 21.0 Å². The largest absolute Gasteiger partial charge is 0.383 e. The first-order chi connectivity index (χ1) is 17.8. The summed E-state index contributed by atoms with van der Waals surface area (Å²) in [7, 11) is -2.08. The van der Waals surface area contributed by atoms with Gasteiger partial charge in [-0.15, -0.1) is 0 Å². The Hall–Kier alpha value is -2.83. The molecule has 0 saturated carbocycles. The highest BCUT2D eigenvalue weighted by Gasteiger charge is 2.32. The first-order valence-electron chi connectivity index (χ1n) is 11.8. The van der Waals surface area contributed by atoms with Gasteiger partial charge in [-0.2, -0.15) is 9.40 Å². The third kappa shape index (κ3) is 5.70. The molecule has 1 amide bonds. The number of para-hydroxylation sites is 1. The first kappa shape index (κ1) is 27.2. The number of amides is 1. The number of nitrogens with zero attached hydrogens (tertiary/aromatic N) is 4. The Labute approximate surface area is 227 Å². The first-order valence-corrected chi connectivity index (χ1v) is 14.5. The molecule has 1 fully saturated rings. The number of carbonyl (C=O) groups is 1. The van der Waals surface area contributed by atoms with E-state index in [1.54, 1.807) is 36.1 Å². The summed E-state index contributed by atoms with van der Waals surface area (Å²) in [6.45, 7) is 5.13. The second-order valence-electron chi connectivity index (χ2n) is 8.16. The van der Waals surface area contributed by atoms with Crippen molar-refractivity contribution in [3.05, 3.63) is 71.3 Å². The Morgan fingerprint density at radius 1 is 1.11 bits per heavy atom. The zero-order valence-corrected chi connectivity index (χ0v) is 23.3. The van der Waals surface area contributed by atoms with Crippen LogP contribution in [-0.2, 0) is 19.6 Å². The molecule has 0 atom stereocenters. The van der Waals surface area contributed by atoms with Gasteiger partial charge in [0.2, 0.25) is 10.0 Å². The van der Waals surface area contributed by atoms with Crippen molar-refractivity contribution in [2.75, 3.05) is 33.4 Å². The summed E-state index contributed by atoms with van der Waals surface area (Å²) in [5.41, 5.74) is 2.70. The van der Waals surface area contributed by atoms with Crippen molar-refractivity contribution >= 4 is 50.3 Å². The maximum atomic E-state index is 13.2. The van der Waals surface area contributed by atoms with Gasteiger partial charge in [-0.05, 0) is 30.3 Å². The summed E-state index contributed by atoms with van der Waals surface area (Å²) in [6.07, 6.45) is 3.59. The van der Waals surface area contributed by atoms with Crippen molar-refractivity contribution < 1.29 is 17.9 Å². The maximum Gasteiger partial charge on any atom is 0.266 e. The van der Waals surface area contributed by atoms with Crippen LogP contribution < -0.4 is 0 Å². The van der Waals surface area contributed by atoms with Crippen LogP contribution in [0.25, 0.3) is 23.0 Å². The normalized spacial score (nSPS) is 15.4. The van der Waals surface area contributed by atoms with Crippen LogP contribution in [0.5, 0.6) is 0 Å². The molecule has 0 N–H and O–H groups in total. The van der Waals surface area contributed by atoms with Gasteiger partial charge in [0.25, 0.3) is 5.91 Å². The molecule has 3 aromatic rings. The molecular formula is C26H28N4O4S3. The van der Waals surface area contributed by atoms with Crippen molar-refractivity contribution in [3.8, 4) is 16.9 Å². The molecule has 8 nitrogen and oxygen atoms in total. The summed E-state index contributed by atoms with van der Waals surface area (Å²) < 4.78 is 35.1. The van der Waals surface area contributed by atoms with E-state index in [2.05, 4.69) is 0 Å². The fraction of sp³-hybridized carbons (Fsp3) is 0.269. The number of carbonyl (C=O) groups excluding carboxylic acids is 1. The summed E-state index contributed by atoms with van der Waals surface area (Å²) in [6, 6.07) is 16.3. The van der Waals surface area contributed by atoms with Gasteiger partial charge in [0.05, 0.1) is 28.6 Å². The molecule has 37 heavy (non-hydrogen) atoms. The van der Waals surface area contributed by atoms with Crippen molar-refractivity contribution in [2.24, 2.45) is 0 Å². The lowest BCUT2D eigenvalue weighted by atomic mass is 10.1. The van der Waals surface area contributed by atoms with Gasteiger partial charge in [-0.3, -0.25) is 9.69 Å². The van der Waals surface area contributed by atoms with E-state index < -0.39 is 10.0 Å². The fourth-order valence-corrected chi connectivity index (χ4v) is 6.77. The van der Waals surface area contributed by atoms with Gasteiger partial charge >= 0.3 is 0 Å². The number of benzene rings is 2. The van der Waals surface area contributed by atoms with E-state index in [0.717, 1.165) is 5.69 Å². The summed E-state index contributed by atoms with van der Waals surface area (Å²) in [5.74, 6) is -0.191. The van der Waals surface area contributed by atoms with Gasteiger partial charge in [0.15, 0.2) is 0 Å². The number of hydrogen-bond acceptors (Lipinski definition) is 7. The number of aromatic nitrogens is 2. The molecule has 2 aromatic carbocycles. The Balaban J connectivity index is 1.81. The van der Waals surface area contributed by atoms with Crippen LogP contribution in [0.2, 0.25) is 0 Å². The van der Waals surface area contributed by atoms with E-state index in [-0.39, 0.29) is 10.8 Å². The highest BCUT2D eigenvalue weighted by atomic mass is 32.2. The van der Waals surface area contributed by atoms with Crippen molar-refractivity contribution in [1.29, 1.82) is 0 Å². The molecule has 1 saturated heterocycles. The lowest BCUT2D eigenvalue weighted by Crippen LogP contribution is -2.31. The standard InChI is InChI=1S/C26H28N4O4S3/c1-4-28(5-2)37(32,33)22-13-9-10-19(16-22)24-20(18-30(27-24)21-11-7-6-8-12-21)17-23-25(31)29(14-15-34-3)26(35)36-23/h6-13,16-18H,4-5,14-15H2,1-3H3. The molecule has 0 bridgehead atoms. The van der Waals surface area contributed by atoms with Crippen LogP contribution in [0.1, 0.15) is 19.4 Å². The zero-order valence-electron chi connectivity index (χ0n) is 20.8. The molecule has 1 aromatic heterocycles. The topological polar surface area (TPSA) is 84.7 Å². The quantitative estimate of drug-likeness (QED) is 0.270. The Morgan fingerprint density at radius 3 is 2.51 bits per heavy atom. The predicted molar refractivity (Wildman–Crippen MR) is 151 cm³/mol. The minimum Gasteiger partial charge on any atom is -0.383 e. The molecule has 2 heterocycles. The second kappa shape index (κ2) is 11.7. The van der Waals surface area contributed by atoms with Gasteiger partial charge in [0.1, 0.15) is 10.0 Å². The maximum absolute atomic E-state index is 13.2. The lowest BCUT2D eigenvalue weighted by Gasteiger charge is -2.18. The third-order valence-corrected chi connectivity index (χ3v) is 9.32. The molecule has 0 aliphatic carbocycles. The van der Waals surface area contributed by atoms with Crippen LogP contribution in [0.4, 0.5) is 0 Å². The van der Waals surface area contributed by atoms with Crippen LogP contribution in [0.15, 0.2) is 70.6 Å². The van der Waals surface area contributed by atoms with Gasteiger partial charge < -0.3 is 4.74 Å². The number of rotatable bonds is 10. The predicted octanol–water partition coefficient (Wildman–Crippen LogP) is 4.42. The Bertz CT molecular complexity index is 1430. The van der Waals surface area contributed by atoms with Crippen LogP contribution in [0.3, 0.4) is 0 Å². The van der Waals surface area contributed by atoms with Crippen LogP contribution >= 0.6 is 24.0 Å². The van der Waals surface area contributed by atoms with E-state index >= 15 is 0 Å². The average molecular weight is 557 g/mol. The van der Waals surface area contributed by atoms with Crippen molar-refractivity contribution in [1.82, 2.24) is 19.0 Å². The third-order valence-electron chi connectivity index (χ3n) is 5.89. The van der Waals surface area contributed by atoms with E-state index in [1.807, 2.05) is 56.4 Å². The lowest BCUT2D eigenvalue weighted by molar-refractivity contribution is -0.122. The number of ether oxygens (including phenoxy) is 1. The molecule has 0 radical (unpaired) electrons. The highest BCUT2D eigenvalue weighted by molar-refractivity contribution is 8.26. The Kier molecular flexibility index (Phi) is 8.60. The van der Waals surface area contributed by atoms with Crippen molar-refractivity contribution in [3.63, 3.8) is 0 Å². The van der Waals surface area contributed by atoms with Crippen LogP contribution in [-0.4, -0.2) is 71.0 Å². The number of hydrogen-bond donors (Lipinski definition) is 0. The van der Waals surface area contributed by atoms with Gasteiger partial charge in [-0.1, -0.05) is 68.2 Å². The average Bonchev–Trinajstić information content (AvgIpc) is 3.44. The van der Waals surface area contributed by atoms with E-state index in [4.69, 9.17) is 22.1 Å². The number of sulfonamides is 1.